The van der Waals surface area contributed by atoms with Crippen LogP contribution in [0.5, 0.6) is 0 Å². The Labute approximate surface area is 127 Å². The molecule has 2 N–H and O–H groups in total. The summed E-state index contributed by atoms with van der Waals surface area (Å²) < 4.78 is 28.2. The second-order valence-electron chi connectivity index (χ2n) is 4.28. The number of nitrogens with one attached hydrogen (secondary N) is 1. The van der Waals surface area contributed by atoms with E-state index in [0.29, 0.717) is 11.0 Å². The molecule has 6 nitrogen and oxygen atoms in total. The maximum Gasteiger partial charge on any atom is 0.335 e. The second kappa shape index (κ2) is 7.05. The number of hydrogen-bond donors (Lipinski definition) is 2. The maximum absolute atomic E-state index is 12.1. The lowest BCUT2D eigenvalue weighted by Crippen LogP contribution is -2.33. The van der Waals surface area contributed by atoms with Crippen molar-refractivity contribution in [1.29, 1.82) is 0 Å². The Morgan fingerprint density at radius 2 is 2.10 bits per heavy atom. The number of unbranched alkanes of at least 4 members (excludes halogenated alkanes) is 1. The van der Waals surface area contributed by atoms with Crippen LogP contribution in [0.1, 0.15) is 30.1 Å². The number of rotatable bonds is 7. The van der Waals surface area contributed by atoms with Crippen molar-refractivity contribution in [1.82, 2.24) is 4.31 Å². The van der Waals surface area contributed by atoms with E-state index in [1.807, 2.05) is 6.92 Å². The SMILES string of the molecule is CCCCN(C)S(=O)(=O)Nc1cc(C(=O)O)ccc1Br. The molecule has 0 fully saturated rings. The molecule has 112 valence electrons. The average molecular weight is 365 g/mol. The van der Waals surface area contributed by atoms with Gasteiger partial charge in [-0.1, -0.05) is 13.3 Å². The van der Waals surface area contributed by atoms with Crippen LogP contribution < -0.4 is 4.72 Å². The van der Waals surface area contributed by atoms with E-state index in [9.17, 15) is 13.2 Å². The first-order chi connectivity index (χ1) is 9.27. The number of hydrogen-bond acceptors (Lipinski definition) is 3. The summed E-state index contributed by atoms with van der Waals surface area (Å²) in [6, 6.07) is 4.16. The van der Waals surface area contributed by atoms with E-state index in [1.165, 1.54) is 29.6 Å². The molecule has 0 spiro atoms. The third kappa shape index (κ3) is 4.46. The van der Waals surface area contributed by atoms with Gasteiger partial charge in [0, 0.05) is 18.1 Å². The number of halogens is 1. The molecule has 0 aliphatic carbocycles. The van der Waals surface area contributed by atoms with E-state index >= 15 is 0 Å². The van der Waals surface area contributed by atoms with Crippen LogP contribution in [0, 0.1) is 0 Å². The van der Waals surface area contributed by atoms with Crippen molar-refractivity contribution >= 4 is 37.8 Å². The first kappa shape index (κ1) is 16.9. The number of nitrogens with zero attached hydrogens (tertiary/aromatic N) is 1. The van der Waals surface area contributed by atoms with Crippen molar-refractivity contribution in [3.05, 3.63) is 28.2 Å². The lowest BCUT2D eigenvalue weighted by atomic mass is 10.2. The zero-order valence-electron chi connectivity index (χ0n) is 11.3. The predicted octanol–water partition coefficient (Wildman–Crippen LogP) is 2.54. The molecular weight excluding hydrogens is 348 g/mol. The molecule has 0 unspecified atom stereocenters. The lowest BCUT2D eigenvalue weighted by molar-refractivity contribution is 0.0697. The molecule has 0 saturated carbocycles. The van der Waals surface area contributed by atoms with Gasteiger partial charge in [-0.2, -0.15) is 12.7 Å². The van der Waals surface area contributed by atoms with E-state index in [-0.39, 0.29) is 11.3 Å². The number of benzene rings is 1. The molecule has 0 aliphatic heterocycles. The minimum atomic E-state index is -3.69. The fourth-order valence-corrected chi connectivity index (χ4v) is 2.90. The number of anilines is 1. The van der Waals surface area contributed by atoms with Crippen LogP contribution in [0.3, 0.4) is 0 Å². The third-order valence-electron chi connectivity index (χ3n) is 2.69. The van der Waals surface area contributed by atoms with Gasteiger partial charge in [0.2, 0.25) is 0 Å². The summed E-state index contributed by atoms with van der Waals surface area (Å²) in [6.45, 7) is 2.38. The minimum absolute atomic E-state index is 0.0158. The van der Waals surface area contributed by atoms with Crippen LogP contribution in [-0.2, 0) is 10.2 Å². The molecule has 0 bridgehead atoms. The summed E-state index contributed by atoms with van der Waals surface area (Å²) in [5.41, 5.74) is 0.218. The Kier molecular flexibility index (Phi) is 5.97. The van der Waals surface area contributed by atoms with Gasteiger partial charge in [0.15, 0.2) is 0 Å². The van der Waals surface area contributed by atoms with Gasteiger partial charge in [-0.25, -0.2) is 4.79 Å². The average Bonchev–Trinajstić information content (AvgIpc) is 2.37. The van der Waals surface area contributed by atoms with Crippen LogP contribution in [0.15, 0.2) is 22.7 Å². The van der Waals surface area contributed by atoms with Crippen LogP contribution in [0.25, 0.3) is 0 Å². The second-order valence-corrected chi connectivity index (χ2v) is 6.91. The largest absolute Gasteiger partial charge is 0.478 e. The van der Waals surface area contributed by atoms with Gasteiger partial charge in [-0.05, 0) is 40.5 Å². The zero-order chi connectivity index (χ0) is 15.3. The Morgan fingerprint density at radius 1 is 1.45 bits per heavy atom. The van der Waals surface area contributed by atoms with Gasteiger partial charge in [0.1, 0.15) is 0 Å². The molecule has 20 heavy (non-hydrogen) atoms. The predicted molar refractivity (Wildman–Crippen MR) is 81.2 cm³/mol. The van der Waals surface area contributed by atoms with Crippen LogP contribution in [-0.4, -0.2) is 37.4 Å². The molecule has 0 amide bonds. The normalized spacial score (nSPS) is 11.6. The van der Waals surface area contributed by atoms with E-state index in [1.54, 1.807) is 0 Å². The Bertz CT molecular complexity index is 589. The summed E-state index contributed by atoms with van der Waals surface area (Å²) >= 11 is 3.20. The number of carboxylic acids is 1. The van der Waals surface area contributed by atoms with Crippen LogP contribution in [0.4, 0.5) is 5.69 Å². The smallest absolute Gasteiger partial charge is 0.335 e. The van der Waals surface area contributed by atoms with Crippen molar-refractivity contribution in [3.8, 4) is 0 Å². The molecule has 0 atom stereocenters. The molecule has 1 aromatic rings. The van der Waals surface area contributed by atoms with E-state index in [0.717, 1.165) is 12.8 Å². The van der Waals surface area contributed by atoms with E-state index in [4.69, 9.17) is 5.11 Å². The van der Waals surface area contributed by atoms with Crippen molar-refractivity contribution in [2.24, 2.45) is 0 Å². The zero-order valence-corrected chi connectivity index (χ0v) is 13.7. The Hall–Kier alpha value is -1.12. The first-order valence-electron chi connectivity index (χ1n) is 6.05. The topological polar surface area (TPSA) is 86.7 Å². The molecule has 0 saturated heterocycles. The number of aromatic carboxylic acids is 1. The molecule has 1 rings (SSSR count). The van der Waals surface area contributed by atoms with Crippen LogP contribution >= 0.6 is 15.9 Å². The van der Waals surface area contributed by atoms with Crippen molar-refractivity contribution in [2.45, 2.75) is 19.8 Å². The molecule has 0 aromatic heterocycles. The highest BCUT2D eigenvalue weighted by Gasteiger charge is 2.19. The molecule has 1 aromatic carbocycles. The van der Waals surface area contributed by atoms with Gasteiger partial charge in [0.25, 0.3) is 0 Å². The lowest BCUT2D eigenvalue weighted by Gasteiger charge is -2.18. The minimum Gasteiger partial charge on any atom is -0.478 e. The fourth-order valence-electron chi connectivity index (χ4n) is 1.45. The third-order valence-corrected chi connectivity index (χ3v) is 4.86. The van der Waals surface area contributed by atoms with Gasteiger partial charge in [-0.15, -0.1) is 0 Å². The first-order valence-corrected chi connectivity index (χ1v) is 8.28. The van der Waals surface area contributed by atoms with Gasteiger partial charge < -0.3 is 5.11 Å². The van der Waals surface area contributed by atoms with Crippen molar-refractivity contribution in [2.75, 3.05) is 18.3 Å². The molecule has 0 radical (unpaired) electrons. The molecule has 8 heteroatoms. The van der Waals surface area contributed by atoms with Gasteiger partial charge >= 0.3 is 16.2 Å². The monoisotopic (exact) mass is 364 g/mol. The summed E-state index contributed by atoms with van der Waals surface area (Å²) in [4.78, 5) is 10.9. The highest BCUT2D eigenvalue weighted by Crippen LogP contribution is 2.25. The Balaban J connectivity index is 2.97. The van der Waals surface area contributed by atoms with E-state index < -0.39 is 16.2 Å². The van der Waals surface area contributed by atoms with Crippen molar-refractivity contribution < 1.29 is 18.3 Å². The summed E-state index contributed by atoms with van der Waals surface area (Å²) in [7, 11) is -2.21. The summed E-state index contributed by atoms with van der Waals surface area (Å²) in [6.07, 6.45) is 1.64. The highest BCUT2D eigenvalue weighted by molar-refractivity contribution is 9.10. The molecule has 0 aliphatic rings. The number of carboxylic acid groups (broad SMARTS) is 1. The quantitative estimate of drug-likeness (QED) is 0.778. The molecule has 0 heterocycles. The summed E-state index contributed by atoms with van der Waals surface area (Å²) in [5.74, 6) is -1.11. The molecular formula is C12H17BrN2O4S. The standard InChI is InChI=1S/C12H17BrN2O4S/c1-3-4-7-15(2)20(18,19)14-11-8-9(12(16)17)5-6-10(11)13/h5-6,8,14H,3-4,7H2,1-2H3,(H,16,17). The van der Waals surface area contributed by atoms with E-state index in [2.05, 4.69) is 20.7 Å². The van der Waals surface area contributed by atoms with Gasteiger partial charge in [0.05, 0.1) is 11.3 Å². The summed E-state index contributed by atoms with van der Waals surface area (Å²) in [5, 5.41) is 8.92. The maximum atomic E-state index is 12.1. The van der Waals surface area contributed by atoms with Crippen LogP contribution in [0.2, 0.25) is 0 Å². The highest BCUT2D eigenvalue weighted by atomic mass is 79.9. The fraction of sp³-hybridized carbons (Fsp3) is 0.417. The van der Waals surface area contributed by atoms with Gasteiger partial charge in [-0.3, -0.25) is 4.72 Å². The number of carbonyl (C=O) groups is 1. The Morgan fingerprint density at radius 3 is 2.65 bits per heavy atom. The van der Waals surface area contributed by atoms with Crippen molar-refractivity contribution in [3.63, 3.8) is 0 Å².